The lowest BCUT2D eigenvalue weighted by Gasteiger charge is -2.23. The minimum absolute atomic E-state index is 0.132. The Labute approximate surface area is 171 Å². The Morgan fingerprint density at radius 2 is 1.72 bits per heavy atom. The third-order valence-corrected chi connectivity index (χ3v) is 4.98. The van der Waals surface area contributed by atoms with Crippen molar-refractivity contribution in [3.8, 4) is 11.5 Å². The fraction of sp³-hybridized carbons (Fsp3) is 0.364. The van der Waals surface area contributed by atoms with E-state index in [9.17, 15) is 9.59 Å². The standard InChI is InChI=1S/C22H27N3O4/c1-16(26)25(20-14-19(28-2)10-11-21(20)29-3)15-22(27)23-17-6-8-18(9-7-17)24-12-4-5-13-24/h6-11,14H,4-5,12-13,15H2,1-3H3,(H,23,27). The van der Waals surface area contributed by atoms with Gasteiger partial charge in [0.25, 0.3) is 0 Å². The van der Waals surface area contributed by atoms with Crippen LogP contribution in [0, 0.1) is 0 Å². The Hall–Kier alpha value is -3.22. The van der Waals surface area contributed by atoms with Gasteiger partial charge in [0.2, 0.25) is 11.8 Å². The molecule has 1 fully saturated rings. The summed E-state index contributed by atoms with van der Waals surface area (Å²) in [7, 11) is 3.06. The van der Waals surface area contributed by atoms with Crippen molar-refractivity contribution >= 4 is 28.9 Å². The summed E-state index contributed by atoms with van der Waals surface area (Å²) in [5, 5.41) is 2.86. The van der Waals surface area contributed by atoms with E-state index in [0.717, 1.165) is 18.8 Å². The number of benzene rings is 2. The number of nitrogens with zero attached hydrogens (tertiary/aromatic N) is 2. The lowest BCUT2D eigenvalue weighted by molar-refractivity contribution is -0.120. The van der Waals surface area contributed by atoms with Gasteiger partial charge >= 0.3 is 0 Å². The van der Waals surface area contributed by atoms with Gasteiger partial charge in [-0.2, -0.15) is 0 Å². The van der Waals surface area contributed by atoms with E-state index in [1.165, 1.54) is 31.8 Å². The monoisotopic (exact) mass is 397 g/mol. The van der Waals surface area contributed by atoms with Gasteiger partial charge in [0, 0.05) is 37.5 Å². The Morgan fingerprint density at radius 1 is 1.03 bits per heavy atom. The van der Waals surface area contributed by atoms with E-state index in [-0.39, 0.29) is 18.4 Å². The fourth-order valence-electron chi connectivity index (χ4n) is 3.45. The first-order valence-electron chi connectivity index (χ1n) is 9.67. The van der Waals surface area contributed by atoms with Gasteiger partial charge in [-0.25, -0.2) is 0 Å². The molecule has 1 aliphatic rings. The molecule has 0 aromatic heterocycles. The van der Waals surface area contributed by atoms with Crippen molar-refractivity contribution < 1.29 is 19.1 Å². The molecule has 0 saturated carbocycles. The van der Waals surface area contributed by atoms with Crippen molar-refractivity contribution in [3.63, 3.8) is 0 Å². The van der Waals surface area contributed by atoms with Gasteiger partial charge in [-0.3, -0.25) is 14.5 Å². The van der Waals surface area contributed by atoms with Crippen LogP contribution in [0.4, 0.5) is 17.1 Å². The highest BCUT2D eigenvalue weighted by atomic mass is 16.5. The number of anilines is 3. The van der Waals surface area contributed by atoms with Gasteiger partial charge in [-0.05, 0) is 49.2 Å². The van der Waals surface area contributed by atoms with Crippen LogP contribution in [-0.2, 0) is 9.59 Å². The summed E-state index contributed by atoms with van der Waals surface area (Å²) in [5.74, 6) is 0.504. The molecule has 1 heterocycles. The first kappa shape index (κ1) is 20.5. The Bertz CT molecular complexity index is 861. The van der Waals surface area contributed by atoms with Crippen LogP contribution >= 0.6 is 0 Å². The molecule has 2 aromatic rings. The van der Waals surface area contributed by atoms with Gasteiger partial charge < -0.3 is 19.7 Å². The van der Waals surface area contributed by atoms with E-state index in [1.54, 1.807) is 25.3 Å². The van der Waals surface area contributed by atoms with Crippen LogP contribution in [0.25, 0.3) is 0 Å². The molecule has 1 saturated heterocycles. The van der Waals surface area contributed by atoms with Gasteiger partial charge in [-0.15, -0.1) is 0 Å². The average Bonchev–Trinajstić information content (AvgIpc) is 3.26. The molecule has 154 valence electrons. The molecule has 29 heavy (non-hydrogen) atoms. The summed E-state index contributed by atoms with van der Waals surface area (Å²) in [5.41, 5.74) is 2.34. The van der Waals surface area contributed by atoms with Crippen LogP contribution in [-0.4, -0.2) is 45.7 Å². The summed E-state index contributed by atoms with van der Waals surface area (Å²) in [6.45, 7) is 3.42. The second kappa shape index (κ2) is 9.32. The van der Waals surface area contributed by atoms with Crippen LogP contribution < -0.4 is 24.6 Å². The minimum Gasteiger partial charge on any atom is -0.497 e. The summed E-state index contributed by atoms with van der Waals surface area (Å²) >= 11 is 0. The van der Waals surface area contributed by atoms with Crippen molar-refractivity contribution in [2.45, 2.75) is 19.8 Å². The maximum Gasteiger partial charge on any atom is 0.244 e. The van der Waals surface area contributed by atoms with E-state index in [2.05, 4.69) is 10.2 Å². The van der Waals surface area contributed by atoms with Crippen LogP contribution in [0.1, 0.15) is 19.8 Å². The molecule has 2 amide bonds. The van der Waals surface area contributed by atoms with Gasteiger partial charge in [-0.1, -0.05) is 0 Å². The fourth-order valence-corrected chi connectivity index (χ4v) is 3.45. The minimum atomic E-state index is -0.293. The number of amides is 2. The molecule has 0 aliphatic carbocycles. The first-order valence-corrected chi connectivity index (χ1v) is 9.67. The van der Waals surface area contributed by atoms with Crippen LogP contribution in [0.5, 0.6) is 11.5 Å². The van der Waals surface area contributed by atoms with Crippen LogP contribution in [0.2, 0.25) is 0 Å². The zero-order valence-corrected chi connectivity index (χ0v) is 17.1. The van der Waals surface area contributed by atoms with Crippen molar-refractivity contribution in [2.75, 3.05) is 49.0 Å². The highest BCUT2D eigenvalue weighted by Crippen LogP contribution is 2.32. The van der Waals surface area contributed by atoms with Crippen molar-refractivity contribution in [3.05, 3.63) is 42.5 Å². The summed E-state index contributed by atoms with van der Waals surface area (Å²) in [4.78, 5) is 28.5. The molecule has 0 spiro atoms. The molecule has 3 rings (SSSR count). The highest BCUT2D eigenvalue weighted by molar-refractivity contribution is 6.02. The van der Waals surface area contributed by atoms with Crippen LogP contribution in [0.3, 0.4) is 0 Å². The number of hydrogen-bond donors (Lipinski definition) is 1. The van der Waals surface area contributed by atoms with E-state index in [0.29, 0.717) is 22.9 Å². The molecule has 0 atom stereocenters. The van der Waals surface area contributed by atoms with E-state index in [1.807, 2.05) is 24.3 Å². The smallest absolute Gasteiger partial charge is 0.244 e. The van der Waals surface area contributed by atoms with Crippen LogP contribution in [0.15, 0.2) is 42.5 Å². The molecule has 7 heteroatoms. The number of ether oxygens (including phenoxy) is 2. The third kappa shape index (κ3) is 4.99. The Morgan fingerprint density at radius 3 is 2.31 bits per heavy atom. The van der Waals surface area contributed by atoms with E-state index < -0.39 is 0 Å². The largest absolute Gasteiger partial charge is 0.497 e. The molecule has 7 nitrogen and oxygen atoms in total. The van der Waals surface area contributed by atoms with E-state index in [4.69, 9.17) is 9.47 Å². The molecule has 0 bridgehead atoms. The topological polar surface area (TPSA) is 71.1 Å². The zero-order chi connectivity index (χ0) is 20.8. The predicted molar refractivity (Wildman–Crippen MR) is 114 cm³/mol. The molecule has 1 N–H and O–H groups in total. The van der Waals surface area contributed by atoms with Gasteiger partial charge in [0.05, 0.1) is 19.9 Å². The zero-order valence-electron chi connectivity index (χ0n) is 17.1. The second-order valence-electron chi connectivity index (χ2n) is 6.93. The third-order valence-electron chi connectivity index (χ3n) is 4.98. The lowest BCUT2D eigenvalue weighted by Crippen LogP contribution is -2.37. The highest BCUT2D eigenvalue weighted by Gasteiger charge is 2.20. The Kier molecular flexibility index (Phi) is 6.59. The molecule has 1 aliphatic heterocycles. The maximum atomic E-state index is 12.6. The Balaban J connectivity index is 1.71. The maximum absolute atomic E-state index is 12.6. The van der Waals surface area contributed by atoms with Crippen molar-refractivity contribution in [2.24, 2.45) is 0 Å². The van der Waals surface area contributed by atoms with Gasteiger partial charge in [0.1, 0.15) is 18.0 Å². The number of hydrogen-bond acceptors (Lipinski definition) is 5. The van der Waals surface area contributed by atoms with E-state index >= 15 is 0 Å². The van der Waals surface area contributed by atoms with Crippen molar-refractivity contribution in [1.82, 2.24) is 0 Å². The quantitative estimate of drug-likeness (QED) is 0.776. The number of carbonyl (C=O) groups excluding carboxylic acids is 2. The second-order valence-corrected chi connectivity index (χ2v) is 6.93. The number of methoxy groups -OCH3 is 2. The molecular weight excluding hydrogens is 370 g/mol. The normalized spacial score (nSPS) is 13.1. The molecule has 0 unspecified atom stereocenters. The molecule has 0 radical (unpaired) electrons. The first-order chi connectivity index (χ1) is 14.0. The van der Waals surface area contributed by atoms with Gasteiger partial charge in [0.15, 0.2) is 0 Å². The predicted octanol–water partition coefficient (Wildman–Crippen LogP) is 3.30. The van der Waals surface area contributed by atoms with Crippen molar-refractivity contribution in [1.29, 1.82) is 0 Å². The summed E-state index contributed by atoms with van der Waals surface area (Å²) in [6, 6.07) is 12.9. The summed E-state index contributed by atoms with van der Waals surface area (Å²) in [6.07, 6.45) is 2.43. The molecular formula is C22H27N3O4. The number of nitrogens with one attached hydrogen (secondary N) is 1. The number of carbonyl (C=O) groups is 2. The SMILES string of the molecule is COc1ccc(OC)c(N(CC(=O)Nc2ccc(N3CCCC3)cc2)C(C)=O)c1. The summed E-state index contributed by atoms with van der Waals surface area (Å²) < 4.78 is 10.6. The average molecular weight is 397 g/mol. The molecule has 2 aromatic carbocycles. The number of rotatable bonds is 7. The lowest BCUT2D eigenvalue weighted by atomic mass is 10.2.